The van der Waals surface area contributed by atoms with Crippen LogP contribution in [0.4, 0.5) is 13.2 Å². The van der Waals surface area contributed by atoms with Gasteiger partial charge in [-0.25, -0.2) is 0 Å². The van der Waals surface area contributed by atoms with E-state index in [1.54, 1.807) is 0 Å². The minimum Gasteiger partial charge on any atom is -0.492 e. The molecule has 0 spiro atoms. The average Bonchev–Trinajstić information content (AvgIpc) is 2.33. The topological polar surface area (TPSA) is 64.3 Å². The second-order valence-electron chi connectivity index (χ2n) is 4.53. The summed E-state index contributed by atoms with van der Waals surface area (Å²) in [7, 11) is 0. The van der Waals surface area contributed by atoms with E-state index >= 15 is 0 Å². The maximum atomic E-state index is 12.8. The first-order valence-electron chi connectivity index (χ1n) is 6.09. The Bertz CT molecular complexity index is 473. The number of halogens is 3. The van der Waals surface area contributed by atoms with Crippen molar-refractivity contribution in [1.82, 2.24) is 5.32 Å². The number of ether oxygens (including phenoxy) is 1. The van der Waals surface area contributed by atoms with Gasteiger partial charge in [0.25, 0.3) is 0 Å². The Kier molecular flexibility index (Phi) is 5.38. The number of hydrogen-bond acceptors (Lipinski definition) is 3. The maximum absolute atomic E-state index is 12.8. The van der Waals surface area contributed by atoms with E-state index in [2.05, 4.69) is 5.32 Å². The van der Waals surface area contributed by atoms with E-state index in [1.807, 2.05) is 13.8 Å². The normalized spacial score (nSPS) is 11.7. The Balaban J connectivity index is 2.83. The number of alkyl halides is 3. The number of nitrogens with one attached hydrogen (secondary N) is 1. The first kappa shape index (κ1) is 16.3. The molecule has 7 heteroatoms. The average molecular weight is 290 g/mol. The van der Waals surface area contributed by atoms with Crippen molar-refractivity contribution in [1.29, 1.82) is 0 Å². The monoisotopic (exact) mass is 290 g/mol. The van der Waals surface area contributed by atoms with Crippen molar-refractivity contribution >= 4 is 5.91 Å². The number of rotatable bonds is 6. The molecule has 3 N–H and O–H groups in total. The first-order chi connectivity index (χ1) is 9.21. The summed E-state index contributed by atoms with van der Waals surface area (Å²) in [4.78, 5) is 11.0. The molecule has 0 atom stereocenters. The van der Waals surface area contributed by atoms with Crippen molar-refractivity contribution in [3.8, 4) is 5.75 Å². The van der Waals surface area contributed by atoms with Crippen molar-refractivity contribution in [2.45, 2.75) is 26.1 Å². The molecule has 0 aromatic heterocycles. The predicted molar refractivity (Wildman–Crippen MR) is 68.6 cm³/mol. The second kappa shape index (κ2) is 6.60. The molecule has 0 aliphatic carbocycles. The Morgan fingerprint density at radius 3 is 2.55 bits per heavy atom. The molecule has 0 saturated carbocycles. The minimum atomic E-state index is -4.65. The highest BCUT2D eigenvalue weighted by atomic mass is 19.4. The lowest BCUT2D eigenvalue weighted by molar-refractivity contribution is -0.138. The van der Waals surface area contributed by atoms with Crippen LogP contribution in [0.25, 0.3) is 0 Å². The van der Waals surface area contributed by atoms with E-state index in [0.717, 1.165) is 12.1 Å². The zero-order valence-corrected chi connectivity index (χ0v) is 11.3. The molecule has 0 unspecified atom stereocenters. The van der Waals surface area contributed by atoms with Crippen LogP contribution in [0.15, 0.2) is 18.2 Å². The zero-order chi connectivity index (χ0) is 15.3. The number of primary amides is 1. The molecule has 0 aliphatic rings. The molecule has 1 aromatic rings. The summed E-state index contributed by atoms with van der Waals surface area (Å²) in [5.74, 6) is -1.07. The van der Waals surface area contributed by atoms with Crippen LogP contribution in [-0.2, 0) is 6.18 Å². The van der Waals surface area contributed by atoms with Crippen LogP contribution < -0.4 is 15.8 Å². The lowest BCUT2D eigenvalue weighted by Gasteiger charge is -2.14. The van der Waals surface area contributed by atoms with Crippen LogP contribution >= 0.6 is 0 Å². The molecular weight excluding hydrogens is 273 g/mol. The Labute approximate surface area is 115 Å². The Morgan fingerprint density at radius 2 is 2.05 bits per heavy atom. The number of amides is 1. The van der Waals surface area contributed by atoms with Crippen molar-refractivity contribution in [3.63, 3.8) is 0 Å². The van der Waals surface area contributed by atoms with Crippen LogP contribution in [-0.4, -0.2) is 25.1 Å². The molecule has 0 heterocycles. The Morgan fingerprint density at radius 1 is 1.40 bits per heavy atom. The molecule has 4 nitrogen and oxygen atoms in total. The third-order valence-electron chi connectivity index (χ3n) is 2.49. The standard InChI is InChI=1S/C13H17F3N2O2/c1-8(2)18-5-6-20-9-3-4-10(12(17)19)11(7-9)13(14,15)16/h3-4,7-8,18H,5-6H2,1-2H3,(H2,17,19). The van der Waals surface area contributed by atoms with E-state index in [-0.39, 0.29) is 18.4 Å². The second-order valence-corrected chi connectivity index (χ2v) is 4.53. The van der Waals surface area contributed by atoms with Gasteiger partial charge in [0, 0.05) is 12.6 Å². The number of nitrogens with two attached hydrogens (primary N) is 1. The quantitative estimate of drug-likeness (QED) is 0.789. The van der Waals surface area contributed by atoms with E-state index in [9.17, 15) is 18.0 Å². The third kappa shape index (κ3) is 4.73. The van der Waals surface area contributed by atoms with Crippen LogP contribution in [0.1, 0.15) is 29.8 Å². The van der Waals surface area contributed by atoms with Crippen molar-refractivity contribution in [2.75, 3.05) is 13.2 Å². The van der Waals surface area contributed by atoms with Crippen molar-refractivity contribution < 1.29 is 22.7 Å². The molecule has 20 heavy (non-hydrogen) atoms. The van der Waals surface area contributed by atoms with Crippen molar-refractivity contribution in [3.05, 3.63) is 29.3 Å². The minimum absolute atomic E-state index is 0.0490. The zero-order valence-electron chi connectivity index (χ0n) is 11.3. The van der Waals surface area contributed by atoms with E-state index in [4.69, 9.17) is 10.5 Å². The van der Waals surface area contributed by atoms with Crippen molar-refractivity contribution in [2.24, 2.45) is 5.73 Å². The third-order valence-corrected chi connectivity index (χ3v) is 2.49. The molecule has 0 saturated heterocycles. The molecule has 1 amide bonds. The fourth-order valence-corrected chi connectivity index (χ4v) is 1.58. The summed E-state index contributed by atoms with van der Waals surface area (Å²) in [5, 5.41) is 3.07. The highest BCUT2D eigenvalue weighted by Crippen LogP contribution is 2.34. The largest absolute Gasteiger partial charge is 0.492 e. The molecule has 1 rings (SSSR count). The van der Waals surface area contributed by atoms with Gasteiger partial charge in [-0.2, -0.15) is 13.2 Å². The van der Waals surface area contributed by atoms with Gasteiger partial charge in [0.1, 0.15) is 12.4 Å². The molecule has 0 bridgehead atoms. The van der Waals surface area contributed by atoms with Gasteiger partial charge in [-0.1, -0.05) is 13.8 Å². The molecule has 0 fully saturated rings. The van der Waals surface area contributed by atoms with Gasteiger partial charge in [0.15, 0.2) is 0 Å². The lowest BCUT2D eigenvalue weighted by atomic mass is 10.1. The number of benzene rings is 1. The van der Waals surface area contributed by atoms with Gasteiger partial charge in [-0.15, -0.1) is 0 Å². The van der Waals surface area contributed by atoms with E-state index in [1.165, 1.54) is 6.07 Å². The maximum Gasteiger partial charge on any atom is 0.417 e. The summed E-state index contributed by atoms with van der Waals surface area (Å²) < 4.78 is 43.6. The number of carbonyl (C=O) groups is 1. The molecule has 112 valence electrons. The number of hydrogen-bond donors (Lipinski definition) is 2. The van der Waals surface area contributed by atoms with Gasteiger partial charge in [0.05, 0.1) is 11.1 Å². The van der Waals surface area contributed by atoms with E-state index in [0.29, 0.717) is 6.54 Å². The van der Waals surface area contributed by atoms with E-state index < -0.39 is 23.2 Å². The van der Waals surface area contributed by atoms with Crippen LogP contribution in [0.2, 0.25) is 0 Å². The SMILES string of the molecule is CC(C)NCCOc1ccc(C(N)=O)c(C(F)(F)F)c1. The predicted octanol–water partition coefficient (Wildman–Crippen LogP) is 2.18. The fraction of sp³-hybridized carbons (Fsp3) is 0.462. The molecule has 0 aliphatic heterocycles. The van der Waals surface area contributed by atoms with Crippen LogP contribution in [0, 0.1) is 0 Å². The Hall–Kier alpha value is -1.76. The molecular formula is C13H17F3N2O2. The van der Waals surface area contributed by atoms with Crippen LogP contribution in [0.5, 0.6) is 5.75 Å². The van der Waals surface area contributed by atoms with Gasteiger partial charge in [0.2, 0.25) is 5.91 Å². The lowest BCUT2D eigenvalue weighted by Crippen LogP contribution is -2.27. The summed E-state index contributed by atoms with van der Waals surface area (Å²) in [6, 6.07) is 3.37. The summed E-state index contributed by atoms with van der Waals surface area (Å²) in [5.41, 5.74) is 3.28. The molecule has 0 radical (unpaired) electrons. The number of carbonyl (C=O) groups excluding carboxylic acids is 1. The summed E-state index contributed by atoms with van der Waals surface area (Å²) in [6.07, 6.45) is -4.65. The van der Waals surface area contributed by atoms with Gasteiger partial charge >= 0.3 is 6.18 Å². The van der Waals surface area contributed by atoms with Gasteiger partial charge < -0.3 is 15.8 Å². The highest BCUT2D eigenvalue weighted by Gasteiger charge is 2.35. The van der Waals surface area contributed by atoms with Gasteiger partial charge in [-0.05, 0) is 18.2 Å². The summed E-state index contributed by atoms with van der Waals surface area (Å²) >= 11 is 0. The smallest absolute Gasteiger partial charge is 0.417 e. The summed E-state index contributed by atoms with van der Waals surface area (Å²) in [6.45, 7) is 4.63. The first-order valence-corrected chi connectivity index (χ1v) is 6.09. The fourth-order valence-electron chi connectivity index (χ4n) is 1.58. The highest BCUT2D eigenvalue weighted by molar-refractivity contribution is 5.94. The molecule has 1 aromatic carbocycles. The van der Waals surface area contributed by atoms with Crippen LogP contribution in [0.3, 0.4) is 0 Å². The van der Waals surface area contributed by atoms with Gasteiger partial charge in [-0.3, -0.25) is 4.79 Å².